The van der Waals surface area contributed by atoms with Crippen molar-refractivity contribution in [1.29, 1.82) is 0 Å². The highest BCUT2D eigenvalue weighted by Crippen LogP contribution is 2.24. The summed E-state index contributed by atoms with van der Waals surface area (Å²) < 4.78 is 1.07. The number of aromatic nitrogens is 2. The first-order valence-electron chi connectivity index (χ1n) is 5.29. The van der Waals surface area contributed by atoms with Gasteiger partial charge in [-0.3, -0.25) is 4.79 Å². The molecule has 90 valence electrons. The van der Waals surface area contributed by atoms with Crippen molar-refractivity contribution in [3.05, 3.63) is 39.8 Å². The van der Waals surface area contributed by atoms with Crippen molar-refractivity contribution >= 4 is 44.5 Å². The third-order valence-electron chi connectivity index (χ3n) is 2.42. The number of aryl methyl sites for hydroxylation is 1. The van der Waals surface area contributed by atoms with E-state index in [4.69, 9.17) is 0 Å². The molecule has 1 aromatic carbocycles. The summed E-state index contributed by atoms with van der Waals surface area (Å²) in [7, 11) is 0. The van der Waals surface area contributed by atoms with E-state index in [9.17, 15) is 4.79 Å². The second kappa shape index (κ2) is 4.47. The lowest BCUT2D eigenvalue weighted by Gasteiger charge is -2.02. The van der Waals surface area contributed by atoms with Crippen LogP contribution in [0.5, 0.6) is 0 Å². The minimum absolute atomic E-state index is 0.183. The zero-order valence-electron chi connectivity index (χ0n) is 9.51. The van der Waals surface area contributed by atoms with Crippen molar-refractivity contribution < 1.29 is 4.79 Å². The second-order valence-corrected chi connectivity index (χ2v) is 5.70. The fourth-order valence-corrected chi connectivity index (χ4v) is 3.04. The van der Waals surface area contributed by atoms with Crippen LogP contribution in [0.4, 0.5) is 5.69 Å². The van der Waals surface area contributed by atoms with Crippen molar-refractivity contribution in [3.63, 3.8) is 0 Å². The van der Waals surface area contributed by atoms with Crippen LogP contribution in [0, 0.1) is 6.92 Å². The van der Waals surface area contributed by atoms with Gasteiger partial charge in [-0.25, -0.2) is 9.97 Å². The normalized spacial score (nSPS) is 10.7. The third-order valence-corrected chi connectivity index (χ3v) is 3.94. The van der Waals surface area contributed by atoms with Crippen molar-refractivity contribution in [3.8, 4) is 0 Å². The lowest BCUT2D eigenvalue weighted by Crippen LogP contribution is -2.11. The Kier molecular flexibility index (Phi) is 2.81. The maximum absolute atomic E-state index is 11.8. The van der Waals surface area contributed by atoms with E-state index in [1.807, 2.05) is 25.1 Å². The van der Waals surface area contributed by atoms with Crippen molar-refractivity contribution in [1.82, 2.24) is 9.97 Å². The molecule has 18 heavy (non-hydrogen) atoms. The largest absolute Gasteiger partial charge is 0.321 e. The first-order valence-corrected chi connectivity index (χ1v) is 7.05. The summed E-state index contributed by atoms with van der Waals surface area (Å²) >= 11 is 3.02. The van der Waals surface area contributed by atoms with Crippen molar-refractivity contribution in [2.45, 2.75) is 6.92 Å². The van der Waals surface area contributed by atoms with E-state index in [-0.39, 0.29) is 5.91 Å². The molecule has 0 radical (unpaired) electrons. The lowest BCUT2D eigenvalue weighted by molar-refractivity contribution is 0.102. The predicted molar refractivity (Wildman–Crippen MR) is 74.4 cm³/mol. The monoisotopic (exact) mass is 275 g/mol. The number of hydrogen-bond donors (Lipinski definition) is 1. The molecule has 0 saturated carbocycles. The molecule has 0 unspecified atom stereocenters. The van der Waals surface area contributed by atoms with Crippen LogP contribution < -0.4 is 5.32 Å². The third kappa shape index (κ3) is 2.12. The molecule has 0 bridgehead atoms. The van der Waals surface area contributed by atoms with Crippen LogP contribution in [-0.2, 0) is 0 Å². The minimum atomic E-state index is -0.183. The number of anilines is 1. The Balaban J connectivity index is 1.88. The average Bonchev–Trinajstić information content (AvgIpc) is 2.95. The number of nitrogens with one attached hydrogen (secondary N) is 1. The summed E-state index contributed by atoms with van der Waals surface area (Å²) in [6.45, 7) is 1.97. The molecule has 0 spiro atoms. The van der Waals surface area contributed by atoms with Gasteiger partial charge in [-0.15, -0.1) is 22.7 Å². The SMILES string of the molecule is Cc1nc2ccc(NC(=O)c3cscn3)cc2s1. The fraction of sp³-hybridized carbons (Fsp3) is 0.0833. The number of carbonyl (C=O) groups excluding carboxylic acids is 1. The van der Waals surface area contributed by atoms with E-state index in [1.54, 1.807) is 22.2 Å². The van der Waals surface area contributed by atoms with Gasteiger partial charge in [0.05, 0.1) is 20.7 Å². The van der Waals surface area contributed by atoms with Gasteiger partial charge in [-0.1, -0.05) is 0 Å². The molecule has 1 N–H and O–H groups in total. The van der Waals surface area contributed by atoms with Crippen molar-refractivity contribution in [2.24, 2.45) is 0 Å². The molecular weight excluding hydrogens is 266 g/mol. The number of benzene rings is 1. The molecule has 3 aromatic rings. The molecule has 3 rings (SSSR count). The van der Waals surface area contributed by atoms with Gasteiger partial charge in [-0.05, 0) is 25.1 Å². The summed E-state index contributed by atoms with van der Waals surface area (Å²) in [6, 6.07) is 5.70. The topological polar surface area (TPSA) is 54.9 Å². The van der Waals surface area contributed by atoms with Crippen LogP contribution >= 0.6 is 22.7 Å². The number of fused-ring (bicyclic) bond motifs is 1. The van der Waals surface area contributed by atoms with Crippen molar-refractivity contribution in [2.75, 3.05) is 5.32 Å². The molecule has 6 heteroatoms. The predicted octanol–water partition coefficient (Wildman–Crippen LogP) is 3.31. The Labute approximate surface area is 111 Å². The van der Waals surface area contributed by atoms with E-state index < -0.39 is 0 Å². The summed E-state index contributed by atoms with van der Waals surface area (Å²) in [5.41, 5.74) is 3.82. The van der Waals surface area contributed by atoms with E-state index >= 15 is 0 Å². The van der Waals surface area contributed by atoms with Gasteiger partial charge in [0.15, 0.2) is 0 Å². The van der Waals surface area contributed by atoms with E-state index in [2.05, 4.69) is 15.3 Å². The van der Waals surface area contributed by atoms with E-state index in [1.165, 1.54) is 11.3 Å². The zero-order valence-corrected chi connectivity index (χ0v) is 11.1. The molecule has 0 aliphatic heterocycles. The van der Waals surface area contributed by atoms with E-state index in [0.717, 1.165) is 20.9 Å². The Hall–Kier alpha value is -1.79. The number of nitrogens with zero attached hydrogens (tertiary/aromatic N) is 2. The summed E-state index contributed by atoms with van der Waals surface area (Å²) in [4.78, 5) is 20.2. The molecule has 1 amide bonds. The zero-order chi connectivity index (χ0) is 12.5. The first kappa shape index (κ1) is 11.3. The standard InChI is InChI=1S/C12H9N3OS2/c1-7-14-9-3-2-8(4-11(9)18-7)15-12(16)10-5-17-6-13-10/h2-6H,1H3,(H,15,16). The molecule has 0 fully saturated rings. The fourth-order valence-electron chi connectivity index (χ4n) is 1.64. The average molecular weight is 275 g/mol. The summed E-state index contributed by atoms with van der Waals surface area (Å²) in [5.74, 6) is -0.183. The molecule has 0 atom stereocenters. The molecule has 0 aliphatic rings. The van der Waals surface area contributed by atoms with Crippen LogP contribution in [0.2, 0.25) is 0 Å². The number of thiazole rings is 2. The van der Waals surface area contributed by atoms with E-state index in [0.29, 0.717) is 5.69 Å². The first-order chi connectivity index (χ1) is 8.72. The molecule has 2 aromatic heterocycles. The van der Waals surface area contributed by atoms with Crippen LogP contribution in [0.25, 0.3) is 10.2 Å². The summed E-state index contributed by atoms with van der Waals surface area (Å²) in [5, 5.41) is 5.58. The highest BCUT2D eigenvalue weighted by Gasteiger charge is 2.09. The number of hydrogen-bond acceptors (Lipinski definition) is 5. The van der Waals surface area contributed by atoms with Gasteiger partial charge < -0.3 is 5.32 Å². The highest BCUT2D eigenvalue weighted by molar-refractivity contribution is 7.18. The smallest absolute Gasteiger partial charge is 0.275 e. The number of amides is 1. The maximum Gasteiger partial charge on any atom is 0.275 e. The Bertz CT molecular complexity index is 703. The van der Waals surface area contributed by atoms with Gasteiger partial charge >= 0.3 is 0 Å². The Morgan fingerprint density at radius 2 is 2.28 bits per heavy atom. The van der Waals surface area contributed by atoms with Gasteiger partial charge in [0, 0.05) is 11.1 Å². The molecule has 4 nitrogen and oxygen atoms in total. The van der Waals surface area contributed by atoms with Gasteiger partial charge in [0.1, 0.15) is 5.69 Å². The minimum Gasteiger partial charge on any atom is -0.321 e. The van der Waals surface area contributed by atoms with Crippen LogP contribution in [-0.4, -0.2) is 15.9 Å². The Morgan fingerprint density at radius 3 is 3.06 bits per heavy atom. The molecule has 0 saturated heterocycles. The quantitative estimate of drug-likeness (QED) is 0.780. The Morgan fingerprint density at radius 1 is 1.39 bits per heavy atom. The number of carbonyl (C=O) groups is 1. The van der Waals surface area contributed by atoms with Crippen LogP contribution in [0.1, 0.15) is 15.5 Å². The highest BCUT2D eigenvalue weighted by atomic mass is 32.1. The van der Waals surface area contributed by atoms with Crippen LogP contribution in [0.15, 0.2) is 29.1 Å². The van der Waals surface area contributed by atoms with Crippen LogP contribution in [0.3, 0.4) is 0 Å². The van der Waals surface area contributed by atoms with Gasteiger partial charge in [0.2, 0.25) is 0 Å². The number of rotatable bonds is 2. The molecule has 2 heterocycles. The lowest BCUT2D eigenvalue weighted by atomic mass is 10.3. The molecular formula is C12H9N3OS2. The van der Waals surface area contributed by atoms with Gasteiger partial charge in [0.25, 0.3) is 5.91 Å². The summed E-state index contributed by atoms with van der Waals surface area (Å²) in [6.07, 6.45) is 0. The van der Waals surface area contributed by atoms with Gasteiger partial charge in [-0.2, -0.15) is 0 Å². The maximum atomic E-state index is 11.8. The second-order valence-electron chi connectivity index (χ2n) is 3.74. The molecule has 0 aliphatic carbocycles.